The van der Waals surface area contributed by atoms with Crippen LogP contribution in [0.25, 0.3) is 11.2 Å². The van der Waals surface area contributed by atoms with E-state index in [1.54, 1.807) is 0 Å². The molecule has 12 nitrogen and oxygen atoms in total. The topological polar surface area (TPSA) is 169 Å². The lowest BCUT2D eigenvalue weighted by atomic mass is 10.1. The summed E-state index contributed by atoms with van der Waals surface area (Å²) in [4.78, 5) is 11.9. The van der Waals surface area contributed by atoms with Gasteiger partial charge in [0.25, 0.3) is 0 Å². The van der Waals surface area contributed by atoms with Gasteiger partial charge < -0.3 is 30.5 Å². The standard InChI is InChI=1S/C10H13N5O4.C4H8NO2P/c11-8-5-9(13-2-12-8)15(3-14-5)10-7(18)6(17)4(1-16)19-10;6-8-5-1-3-7-4-2-5/h2-4,6-7,10,16-18H,1H2,(H2,11,12,13);1-4H2/t4-,6-,7-,10-;/m1./s1. The number of anilines is 1. The number of rotatable bonds is 3. The molecule has 2 aromatic rings. The van der Waals surface area contributed by atoms with Crippen LogP contribution in [0.3, 0.4) is 0 Å². The number of hydrogen-bond donors (Lipinski definition) is 4. The highest BCUT2D eigenvalue weighted by molar-refractivity contribution is 7.20. The van der Waals surface area contributed by atoms with E-state index in [2.05, 4.69) is 15.0 Å². The maximum absolute atomic E-state index is 10.1. The van der Waals surface area contributed by atoms with Gasteiger partial charge in [-0.05, 0) is 0 Å². The van der Waals surface area contributed by atoms with Crippen LogP contribution < -0.4 is 5.73 Å². The molecule has 2 aliphatic rings. The summed E-state index contributed by atoms with van der Waals surface area (Å²) in [5, 5.41) is 28.7. The summed E-state index contributed by atoms with van der Waals surface area (Å²) in [6.45, 7) is 2.64. The van der Waals surface area contributed by atoms with Crippen molar-refractivity contribution < 1.29 is 29.4 Å². The van der Waals surface area contributed by atoms with E-state index in [1.165, 1.54) is 17.2 Å². The van der Waals surface area contributed by atoms with Crippen molar-refractivity contribution in [3.63, 3.8) is 0 Å². The summed E-state index contributed by atoms with van der Waals surface area (Å²) in [5.74, 6) is 0.218. The average molecular weight is 400 g/mol. The van der Waals surface area contributed by atoms with Crippen molar-refractivity contribution in [1.82, 2.24) is 24.2 Å². The Kier molecular flexibility index (Phi) is 6.60. The van der Waals surface area contributed by atoms with E-state index in [9.17, 15) is 14.8 Å². The first-order valence-corrected chi connectivity index (χ1v) is 9.04. The van der Waals surface area contributed by atoms with Crippen molar-refractivity contribution >= 4 is 25.6 Å². The third-order valence-corrected chi connectivity index (χ3v) is 4.91. The summed E-state index contributed by atoms with van der Waals surface area (Å²) in [5.41, 5.74) is 6.44. The lowest BCUT2D eigenvalue weighted by Crippen LogP contribution is -2.33. The van der Waals surface area contributed by atoms with Gasteiger partial charge in [0.05, 0.1) is 26.1 Å². The van der Waals surface area contributed by atoms with Gasteiger partial charge in [-0.3, -0.25) is 9.13 Å². The predicted molar refractivity (Wildman–Crippen MR) is 92.7 cm³/mol. The van der Waals surface area contributed by atoms with Crippen molar-refractivity contribution in [2.45, 2.75) is 24.5 Å². The number of imidazole rings is 1. The van der Waals surface area contributed by atoms with Crippen molar-refractivity contribution in [3.05, 3.63) is 12.7 Å². The molecular formula is C14H21N6O6P. The van der Waals surface area contributed by atoms with Gasteiger partial charge in [0, 0.05) is 13.1 Å². The molecule has 2 aliphatic heterocycles. The molecule has 0 amide bonds. The number of fused-ring (bicyclic) bond motifs is 1. The summed E-state index contributed by atoms with van der Waals surface area (Å²) >= 11 is 0. The Labute approximate surface area is 155 Å². The Balaban J connectivity index is 0.000000221. The van der Waals surface area contributed by atoms with E-state index < -0.39 is 31.1 Å². The van der Waals surface area contributed by atoms with Crippen molar-refractivity contribution in [1.29, 1.82) is 0 Å². The van der Waals surface area contributed by atoms with Crippen LogP contribution in [0, 0.1) is 0 Å². The second-order valence-electron chi connectivity index (χ2n) is 5.96. The van der Waals surface area contributed by atoms with Gasteiger partial charge in [-0.2, -0.15) is 0 Å². The Morgan fingerprint density at radius 3 is 2.56 bits per heavy atom. The number of nitrogens with zero attached hydrogens (tertiary/aromatic N) is 5. The molecule has 0 radical (unpaired) electrons. The first-order chi connectivity index (χ1) is 13.1. The number of ether oxygens (including phenoxy) is 2. The predicted octanol–water partition coefficient (Wildman–Crippen LogP) is -1.45. The van der Waals surface area contributed by atoms with Crippen LogP contribution in [0.1, 0.15) is 6.23 Å². The van der Waals surface area contributed by atoms with Gasteiger partial charge in [-0.15, -0.1) is 0 Å². The molecule has 0 saturated carbocycles. The Bertz CT molecular complexity index is 772. The molecule has 0 aromatic carbocycles. The molecule has 27 heavy (non-hydrogen) atoms. The van der Waals surface area contributed by atoms with Crippen LogP contribution in [0.15, 0.2) is 12.7 Å². The van der Waals surface area contributed by atoms with Crippen LogP contribution in [-0.4, -0.2) is 90.7 Å². The third kappa shape index (κ3) is 4.22. The first-order valence-electron chi connectivity index (χ1n) is 8.28. The van der Waals surface area contributed by atoms with E-state index in [0.29, 0.717) is 11.2 Å². The molecule has 2 fully saturated rings. The van der Waals surface area contributed by atoms with E-state index in [-0.39, 0.29) is 14.4 Å². The minimum absolute atomic E-state index is 0.130. The van der Waals surface area contributed by atoms with Crippen LogP contribution in [0.2, 0.25) is 0 Å². The largest absolute Gasteiger partial charge is 0.394 e. The molecule has 4 atom stereocenters. The summed E-state index contributed by atoms with van der Waals surface area (Å²) in [6.07, 6.45) is -1.42. The fourth-order valence-corrected chi connectivity index (χ4v) is 3.13. The zero-order valence-corrected chi connectivity index (χ0v) is 15.2. The fraction of sp³-hybridized carbons (Fsp3) is 0.643. The molecule has 0 spiro atoms. The molecule has 13 heteroatoms. The van der Waals surface area contributed by atoms with Gasteiger partial charge in [0.1, 0.15) is 30.2 Å². The van der Waals surface area contributed by atoms with Crippen molar-refractivity contribution in [2.24, 2.45) is 0 Å². The smallest absolute Gasteiger partial charge is 0.249 e. The van der Waals surface area contributed by atoms with Crippen LogP contribution in [0.5, 0.6) is 0 Å². The summed E-state index contributed by atoms with van der Waals surface area (Å²) < 4.78 is 23.8. The van der Waals surface area contributed by atoms with E-state index in [1.807, 2.05) is 4.67 Å². The molecule has 4 rings (SSSR count). The van der Waals surface area contributed by atoms with Crippen LogP contribution in [0.4, 0.5) is 5.82 Å². The van der Waals surface area contributed by atoms with E-state index in [4.69, 9.17) is 20.3 Å². The molecule has 2 saturated heterocycles. The highest BCUT2D eigenvalue weighted by Crippen LogP contribution is 2.31. The highest BCUT2D eigenvalue weighted by atomic mass is 31.1. The molecule has 148 valence electrons. The summed E-state index contributed by atoms with van der Waals surface area (Å²) in [6, 6.07) is 0. The zero-order chi connectivity index (χ0) is 19.4. The zero-order valence-electron chi connectivity index (χ0n) is 14.3. The number of nitrogen functional groups attached to an aromatic ring is 1. The molecular weight excluding hydrogens is 379 g/mol. The second kappa shape index (κ2) is 8.93. The number of aliphatic hydroxyl groups excluding tert-OH is 3. The lowest BCUT2D eigenvalue weighted by Gasteiger charge is -2.18. The minimum atomic E-state index is -1.19. The number of nitrogens with two attached hydrogens (primary N) is 1. The normalized spacial score (nSPS) is 29.0. The van der Waals surface area contributed by atoms with Gasteiger partial charge >= 0.3 is 0 Å². The fourth-order valence-electron chi connectivity index (χ4n) is 2.80. The number of aromatic nitrogens is 4. The van der Waals surface area contributed by atoms with Gasteiger partial charge in [0.15, 0.2) is 17.7 Å². The quantitative estimate of drug-likeness (QED) is 0.444. The molecule has 0 bridgehead atoms. The second-order valence-corrected chi connectivity index (χ2v) is 6.69. The van der Waals surface area contributed by atoms with Crippen molar-refractivity contribution in [2.75, 3.05) is 38.6 Å². The van der Waals surface area contributed by atoms with Gasteiger partial charge in [0.2, 0.25) is 8.61 Å². The first kappa shape index (κ1) is 20.0. The minimum Gasteiger partial charge on any atom is -0.394 e. The van der Waals surface area contributed by atoms with E-state index in [0.717, 1.165) is 26.3 Å². The van der Waals surface area contributed by atoms with E-state index >= 15 is 0 Å². The molecule has 5 N–H and O–H groups in total. The summed E-state index contributed by atoms with van der Waals surface area (Å²) in [7, 11) is 0.130. The monoisotopic (exact) mass is 400 g/mol. The maximum atomic E-state index is 10.1. The third-order valence-electron chi connectivity index (χ3n) is 4.28. The molecule has 4 heterocycles. The number of morpholine rings is 1. The molecule has 0 aliphatic carbocycles. The molecule has 0 unspecified atom stereocenters. The van der Waals surface area contributed by atoms with Gasteiger partial charge in [-0.1, -0.05) is 0 Å². The lowest BCUT2D eigenvalue weighted by molar-refractivity contribution is -0.0511. The Morgan fingerprint density at radius 2 is 1.96 bits per heavy atom. The van der Waals surface area contributed by atoms with Crippen LogP contribution >= 0.6 is 8.61 Å². The average Bonchev–Trinajstić information content (AvgIpc) is 3.25. The van der Waals surface area contributed by atoms with Crippen LogP contribution in [-0.2, 0) is 14.0 Å². The highest BCUT2D eigenvalue weighted by Gasteiger charge is 2.43. The SMILES string of the molecule is Nc1ncnc2c1ncn2[C@@H]1O[C@H](CO)[C@@H](O)[C@H]1O.O=PN1CCOCC1. The van der Waals surface area contributed by atoms with Gasteiger partial charge in [-0.25, -0.2) is 19.6 Å². The number of aliphatic hydroxyl groups is 3. The Morgan fingerprint density at radius 1 is 1.22 bits per heavy atom. The maximum Gasteiger partial charge on any atom is 0.249 e. The van der Waals surface area contributed by atoms with Crippen molar-refractivity contribution in [3.8, 4) is 0 Å². The Hall–Kier alpha value is -1.79. The molecule has 2 aromatic heterocycles. The number of hydrogen-bond acceptors (Lipinski definition) is 10.